The van der Waals surface area contributed by atoms with Crippen LogP contribution in [-0.2, 0) is 10.0 Å². The van der Waals surface area contributed by atoms with Crippen LogP contribution in [0.15, 0.2) is 11.0 Å². The number of hydrogen-bond donors (Lipinski definition) is 1. The van der Waals surface area contributed by atoms with Gasteiger partial charge in [-0.25, -0.2) is 8.42 Å². The van der Waals surface area contributed by atoms with Crippen molar-refractivity contribution in [3.05, 3.63) is 14.7 Å². The van der Waals surface area contributed by atoms with Gasteiger partial charge in [0.1, 0.15) is 9.23 Å². The number of likely N-dealkylation sites (N-methyl/N-ethyl adjacent to an activating group) is 1. The Hall–Kier alpha value is 0.150. The number of thiophene rings is 1. The average molecular weight is 332 g/mol. The molecule has 1 aromatic rings. The molecule has 1 N–H and O–H groups in total. The lowest BCUT2D eigenvalue weighted by molar-refractivity contribution is 0.0601. The molecule has 4 nitrogen and oxygen atoms in total. The highest BCUT2D eigenvalue weighted by atomic mass is 35.5. The predicted molar refractivity (Wildman–Crippen MR) is 75.1 cm³/mol. The second-order valence-corrected chi connectivity index (χ2v) is 8.62. The molecule has 0 spiro atoms. The van der Waals surface area contributed by atoms with E-state index >= 15 is 0 Å². The molecule has 104 valence electrons. The number of halogens is 2. The quantitative estimate of drug-likeness (QED) is 0.902. The van der Waals surface area contributed by atoms with E-state index in [4.69, 9.17) is 23.2 Å². The van der Waals surface area contributed by atoms with E-state index < -0.39 is 15.6 Å². The maximum absolute atomic E-state index is 12.4. The SMILES string of the molecule is CCN(CC(C)(C)O)S(=O)(=O)c1cc(Cl)sc1Cl. The summed E-state index contributed by atoms with van der Waals surface area (Å²) in [7, 11) is -3.73. The first-order valence-corrected chi connectivity index (χ1v) is 8.26. The van der Waals surface area contributed by atoms with Crippen LogP contribution in [0.2, 0.25) is 8.67 Å². The molecule has 18 heavy (non-hydrogen) atoms. The summed E-state index contributed by atoms with van der Waals surface area (Å²) in [6.45, 7) is 5.04. The van der Waals surface area contributed by atoms with Gasteiger partial charge in [-0.05, 0) is 19.9 Å². The molecule has 1 heterocycles. The summed E-state index contributed by atoms with van der Waals surface area (Å²) in [5.74, 6) is 0. The topological polar surface area (TPSA) is 57.6 Å². The van der Waals surface area contributed by atoms with Gasteiger partial charge in [-0.3, -0.25) is 0 Å². The fraction of sp³-hybridized carbons (Fsp3) is 0.600. The minimum atomic E-state index is -3.73. The van der Waals surface area contributed by atoms with Crippen molar-refractivity contribution in [2.75, 3.05) is 13.1 Å². The zero-order valence-electron chi connectivity index (χ0n) is 10.3. The van der Waals surface area contributed by atoms with Gasteiger partial charge in [0.15, 0.2) is 0 Å². The molecule has 0 bridgehead atoms. The maximum Gasteiger partial charge on any atom is 0.245 e. The maximum atomic E-state index is 12.4. The van der Waals surface area contributed by atoms with E-state index in [1.165, 1.54) is 10.4 Å². The molecule has 0 fully saturated rings. The van der Waals surface area contributed by atoms with Crippen molar-refractivity contribution >= 4 is 44.6 Å². The molecular formula is C10H15Cl2NO3S2. The summed E-state index contributed by atoms with van der Waals surface area (Å²) in [5, 5.41) is 9.74. The smallest absolute Gasteiger partial charge is 0.245 e. The van der Waals surface area contributed by atoms with E-state index in [0.29, 0.717) is 4.34 Å². The van der Waals surface area contributed by atoms with Gasteiger partial charge in [0.25, 0.3) is 0 Å². The lowest BCUT2D eigenvalue weighted by Crippen LogP contribution is -2.42. The third-order valence-corrected chi connectivity index (χ3v) is 5.83. The van der Waals surface area contributed by atoms with Gasteiger partial charge >= 0.3 is 0 Å². The van der Waals surface area contributed by atoms with Crippen LogP contribution in [0.1, 0.15) is 20.8 Å². The molecule has 0 amide bonds. The Morgan fingerprint density at radius 1 is 1.44 bits per heavy atom. The van der Waals surface area contributed by atoms with Crippen molar-refractivity contribution in [3.63, 3.8) is 0 Å². The molecule has 0 saturated heterocycles. The molecule has 1 rings (SSSR count). The molecule has 0 saturated carbocycles. The highest BCUT2D eigenvalue weighted by Gasteiger charge is 2.31. The Balaban J connectivity index is 3.15. The van der Waals surface area contributed by atoms with Crippen LogP contribution in [0.3, 0.4) is 0 Å². The molecule has 0 aliphatic rings. The Bertz CT molecular complexity index is 520. The van der Waals surface area contributed by atoms with Crippen LogP contribution in [0.5, 0.6) is 0 Å². The molecule has 0 unspecified atom stereocenters. The largest absolute Gasteiger partial charge is 0.389 e. The average Bonchev–Trinajstić information content (AvgIpc) is 2.53. The first kappa shape index (κ1) is 16.2. The van der Waals surface area contributed by atoms with Gasteiger partial charge < -0.3 is 5.11 Å². The fourth-order valence-electron chi connectivity index (χ4n) is 1.44. The van der Waals surface area contributed by atoms with Crippen LogP contribution in [0.4, 0.5) is 0 Å². The number of sulfonamides is 1. The summed E-state index contributed by atoms with van der Waals surface area (Å²) in [6.07, 6.45) is 0. The summed E-state index contributed by atoms with van der Waals surface area (Å²) >= 11 is 12.6. The van der Waals surface area contributed by atoms with E-state index in [1.807, 2.05) is 0 Å². The Kier molecular flexibility index (Phi) is 5.08. The van der Waals surface area contributed by atoms with Gasteiger partial charge in [-0.2, -0.15) is 4.31 Å². The zero-order valence-corrected chi connectivity index (χ0v) is 13.4. The number of hydrogen-bond acceptors (Lipinski definition) is 4. The number of nitrogens with zero attached hydrogens (tertiary/aromatic N) is 1. The second-order valence-electron chi connectivity index (χ2n) is 4.43. The van der Waals surface area contributed by atoms with E-state index in [2.05, 4.69) is 0 Å². The van der Waals surface area contributed by atoms with Crippen molar-refractivity contribution in [2.45, 2.75) is 31.3 Å². The highest BCUT2D eigenvalue weighted by molar-refractivity contribution is 7.89. The molecule has 8 heteroatoms. The van der Waals surface area contributed by atoms with Crippen molar-refractivity contribution in [1.29, 1.82) is 0 Å². The lowest BCUT2D eigenvalue weighted by Gasteiger charge is -2.27. The molecule has 0 atom stereocenters. The zero-order chi connectivity index (χ0) is 14.1. The minimum Gasteiger partial charge on any atom is -0.389 e. The minimum absolute atomic E-state index is 0.00434. The van der Waals surface area contributed by atoms with Crippen molar-refractivity contribution in [3.8, 4) is 0 Å². The standard InChI is InChI=1S/C10H15Cl2NO3S2/c1-4-13(6-10(2,3)14)18(15,16)7-5-8(11)17-9(7)12/h5,14H,4,6H2,1-3H3. The predicted octanol–water partition coefficient (Wildman–Crippen LogP) is 2.84. The third kappa shape index (κ3) is 3.82. The first-order valence-electron chi connectivity index (χ1n) is 5.25. The number of aliphatic hydroxyl groups is 1. The van der Waals surface area contributed by atoms with Crippen molar-refractivity contribution in [2.24, 2.45) is 0 Å². The van der Waals surface area contributed by atoms with Crippen molar-refractivity contribution in [1.82, 2.24) is 4.31 Å². The van der Waals surface area contributed by atoms with E-state index in [0.717, 1.165) is 11.3 Å². The van der Waals surface area contributed by atoms with Crippen LogP contribution >= 0.6 is 34.5 Å². The summed E-state index contributed by atoms with van der Waals surface area (Å²) in [6, 6.07) is 1.33. The lowest BCUT2D eigenvalue weighted by atomic mass is 10.1. The first-order chi connectivity index (χ1) is 8.08. The number of rotatable bonds is 5. The molecule has 0 aromatic carbocycles. The molecule has 0 aliphatic heterocycles. The van der Waals surface area contributed by atoms with Gasteiger partial charge in [0, 0.05) is 13.1 Å². The summed E-state index contributed by atoms with van der Waals surface area (Å²) in [5.41, 5.74) is -1.12. The molecule has 0 aliphatic carbocycles. The molecule has 1 aromatic heterocycles. The van der Waals surface area contributed by atoms with E-state index in [-0.39, 0.29) is 22.3 Å². The molecular weight excluding hydrogens is 317 g/mol. The normalized spacial score (nSPS) is 13.3. The van der Waals surface area contributed by atoms with Gasteiger partial charge in [0.2, 0.25) is 10.0 Å². The van der Waals surface area contributed by atoms with Gasteiger partial charge in [-0.15, -0.1) is 11.3 Å². The highest BCUT2D eigenvalue weighted by Crippen LogP contribution is 2.36. The monoisotopic (exact) mass is 331 g/mol. The van der Waals surface area contributed by atoms with Crippen LogP contribution in [0.25, 0.3) is 0 Å². The van der Waals surface area contributed by atoms with Crippen LogP contribution in [0, 0.1) is 0 Å². The second kappa shape index (κ2) is 5.64. The van der Waals surface area contributed by atoms with Crippen molar-refractivity contribution < 1.29 is 13.5 Å². The van der Waals surface area contributed by atoms with Crippen LogP contribution in [-0.4, -0.2) is 36.5 Å². The Morgan fingerprint density at radius 2 is 2.00 bits per heavy atom. The van der Waals surface area contributed by atoms with Gasteiger partial charge in [0.05, 0.1) is 9.94 Å². The van der Waals surface area contributed by atoms with Crippen LogP contribution < -0.4 is 0 Å². The fourth-order valence-corrected chi connectivity index (χ4v) is 5.16. The van der Waals surface area contributed by atoms with E-state index in [1.54, 1.807) is 20.8 Å². The van der Waals surface area contributed by atoms with Gasteiger partial charge in [-0.1, -0.05) is 30.1 Å². The Labute approximate surface area is 121 Å². The Morgan fingerprint density at radius 3 is 2.33 bits per heavy atom. The summed E-state index contributed by atoms with van der Waals surface area (Å²) < 4.78 is 26.3. The van der Waals surface area contributed by atoms with E-state index in [9.17, 15) is 13.5 Å². The molecule has 0 radical (unpaired) electrons. The third-order valence-electron chi connectivity index (χ3n) is 2.16. The summed E-state index contributed by atoms with van der Waals surface area (Å²) in [4.78, 5) is -0.00901.